The fraction of sp³-hybridized carbons (Fsp3) is 0.167. The molecule has 6 aromatic rings. The minimum absolute atomic E-state index is 0.0564. The maximum absolute atomic E-state index is 2.53. The number of para-hydroxylation sites is 1. The van der Waals surface area contributed by atoms with Gasteiger partial charge in [0.2, 0.25) is 0 Å². The number of rotatable bonds is 4. The lowest BCUT2D eigenvalue weighted by Crippen LogP contribution is -2.15. The molecule has 1 aromatic heterocycles. The van der Waals surface area contributed by atoms with Gasteiger partial charge < -0.3 is 4.57 Å². The first-order chi connectivity index (χ1) is 19.1. The van der Waals surface area contributed by atoms with Crippen LogP contribution in [-0.2, 0) is 12.0 Å². The van der Waals surface area contributed by atoms with Crippen molar-refractivity contribution in [2.24, 2.45) is 0 Å². The summed E-state index contributed by atoms with van der Waals surface area (Å²) in [4.78, 5) is 0. The van der Waals surface area contributed by atoms with Crippen LogP contribution in [0.5, 0.6) is 0 Å². The van der Waals surface area contributed by atoms with E-state index in [9.17, 15) is 0 Å². The molecule has 2 aliphatic rings. The second-order valence-corrected chi connectivity index (χ2v) is 11.4. The van der Waals surface area contributed by atoms with E-state index < -0.39 is 0 Å². The van der Waals surface area contributed by atoms with Crippen molar-refractivity contribution in [3.8, 4) is 11.1 Å². The summed E-state index contributed by atoms with van der Waals surface area (Å²) in [6.07, 6.45) is 4.86. The lowest BCUT2D eigenvalue weighted by Gasteiger charge is -2.23. The molecule has 3 heteroatoms. The van der Waals surface area contributed by atoms with Crippen LogP contribution in [-0.4, -0.2) is 21.6 Å². The molecule has 39 heavy (non-hydrogen) atoms. The van der Waals surface area contributed by atoms with Gasteiger partial charge in [0.15, 0.2) is 0 Å². The highest BCUT2D eigenvalue weighted by molar-refractivity contribution is 6.26. The van der Waals surface area contributed by atoms with Crippen LogP contribution in [0, 0.1) is 0 Å². The highest BCUT2D eigenvalue weighted by Crippen LogP contribution is 2.56. The molecule has 1 saturated heterocycles. The van der Waals surface area contributed by atoms with Crippen LogP contribution in [0.25, 0.3) is 43.7 Å². The molecular formula is C36H31N3. The van der Waals surface area contributed by atoms with Crippen molar-refractivity contribution in [3.05, 3.63) is 132 Å². The van der Waals surface area contributed by atoms with Crippen molar-refractivity contribution < 1.29 is 0 Å². The van der Waals surface area contributed by atoms with E-state index in [1.165, 1.54) is 60.4 Å². The van der Waals surface area contributed by atoms with Gasteiger partial charge >= 0.3 is 0 Å². The molecule has 0 spiro atoms. The van der Waals surface area contributed by atoms with Crippen molar-refractivity contribution in [2.75, 3.05) is 7.05 Å². The van der Waals surface area contributed by atoms with Gasteiger partial charge in [0, 0.05) is 46.9 Å². The second-order valence-electron chi connectivity index (χ2n) is 11.4. The van der Waals surface area contributed by atoms with Crippen molar-refractivity contribution in [1.29, 1.82) is 0 Å². The summed E-state index contributed by atoms with van der Waals surface area (Å²) >= 11 is 0. The molecule has 3 nitrogen and oxygen atoms in total. The minimum Gasteiger partial charge on any atom is -0.336 e. The molecule has 1 fully saturated rings. The van der Waals surface area contributed by atoms with E-state index in [-0.39, 0.29) is 5.41 Å². The lowest BCUT2D eigenvalue weighted by atomic mass is 9.79. The quantitative estimate of drug-likeness (QED) is 0.222. The Labute approximate surface area is 229 Å². The molecule has 190 valence electrons. The van der Waals surface area contributed by atoms with Gasteiger partial charge in [-0.1, -0.05) is 111 Å². The Morgan fingerprint density at radius 3 is 2.23 bits per heavy atom. The molecule has 0 saturated carbocycles. The summed E-state index contributed by atoms with van der Waals surface area (Å²) < 4.78 is 2.53. The van der Waals surface area contributed by atoms with E-state index in [0.717, 1.165) is 6.54 Å². The Morgan fingerprint density at radius 1 is 0.744 bits per heavy atom. The number of hydrazine groups is 1. The molecule has 0 N–H and O–H groups in total. The second kappa shape index (κ2) is 8.08. The maximum atomic E-state index is 2.53. The van der Waals surface area contributed by atoms with Crippen LogP contribution in [0.2, 0.25) is 0 Å². The van der Waals surface area contributed by atoms with Crippen LogP contribution >= 0.6 is 0 Å². The van der Waals surface area contributed by atoms with Crippen LogP contribution in [0.15, 0.2) is 115 Å². The van der Waals surface area contributed by atoms with E-state index in [1.54, 1.807) is 0 Å². The zero-order valence-electron chi connectivity index (χ0n) is 22.6. The predicted octanol–water partition coefficient (Wildman–Crippen LogP) is 8.63. The Balaban J connectivity index is 1.35. The molecule has 8 rings (SSSR count). The van der Waals surface area contributed by atoms with Gasteiger partial charge in [0.1, 0.15) is 6.17 Å². The average molecular weight is 506 g/mol. The number of hydrogen-bond acceptors (Lipinski definition) is 2. The Kier molecular flexibility index (Phi) is 4.69. The van der Waals surface area contributed by atoms with E-state index in [2.05, 4.69) is 151 Å². The molecule has 1 unspecified atom stereocenters. The predicted molar refractivity (Wildman–Crippen MR) is 162 cm³/mol. The highest BCUT2D eigenvalue weighted by Gasteiger charge is 2.41. The number of hydrogen-bond donors (Lipinski definition) is 0. The third-order valence-corrected chi connectivity index (χ3v) is 8.98. The smallest absolute Gasteiger partial charge is 0.139 e. The highest BCUT2D eigenvalue weighted by atomic mass is 15.8. The topological polar surface area (TPSA) is 10.9 Å². The lowest BCUT2D eigenvalue weighted by molar-refractivity contribution is 0.446. The third kappa shape index (κ3) is 3.08. The summed E-state index contributed by atoms with van der Waals surface area (Å²) in [6, 6.07) is 37.7. The summed E-state index contributed by atoms with van der Waals surface area (Å²) in [6.45, 7) is 5.59. The Bertz CT molecular complexity index is 1940. The molecular weight excluding hydrogens is 474 g/mol. The molecule has 1 aliphatic carbocycles. The van der Waals surface area contributed by atoms with Crippen LogP contribution in [0.1, 0.15) is 36.7 Å². The molecule has 2 heterocycles. The number of benzene rings is 5. The third-order valence-electron chi connectivity index (χ3n) is 8.98. The first-order valence-electron chi connectivity index (χ1n) is 13.9. The number of allylic oxidation sites excluding steroid dienone is 1. The minimum atomic E-state index is -0.0564. The van der Waals surface area contributed by atoms with E-state index in [4.69, 9.17) is 0 Å². The zero-order chi connectivity index (χ0) is 26.3. The van der Waals surface area contributed by atoms with Gasteiger partial charge in [-0.05, 0) is 45.3 Å². The zero-order valence-corrected chi connectivity index (χ0v) is 22.6. The first-order valence-corrected chi connectivity index (χ1v) is 13.9. The van der Waals surface area contributed by atoms with Crippen LogP contribution in [0.4, 0.5) is 0 Å². The Hall–Kier alpha value is -4.34. The summed E-state index contributed by atoms with van der Waals surface area (Å²) in [7, 11) is 2.15. The van der Waals surface area contributed by atoms with Crippen LogP contribution in [0.3, 0.4) is 0 Å². The normalized spacial score (nSPS) is 19.3. The van der Waals surface area contributed by atoms with E-state index in [0.29, 0.717) is 6.17 Å². The van der Waals surface area contributed by atoms with Gasteiger partial charge in [-0.3, -0.25) is 5.01 Å². The molecule has 0 bridgehead atoms. The van der Waals surface area contributed by atoms with E-state index in [1.807, 2.05) is 0 Å². The van der Waals surface area contributed by atoms with Gasteiger partial charge in [-0.15, -0.1) is 0 Å². The molecule has 0 radical (unpaired) electrons. The largest absolute Gasteiger partial charge is 0.336 e. The standard InChI is InChI=1S/C36H31N3/c1-36(2)29-20-11-9-18-27(29)31-32-28-19-10-12-21-30(28)38(34(32)26-17-8-7-16-25(26)33(31)36)22-13-23-39-35(37(39)3)24-14-5-4-6-15-24/h4-21,23,35H,22H2,1-3H3/b23-13-/t35?,37-,39?/m0/s1. The van der Waals surface area contributed by atoms with Crippen LogP contribution < -0.4 is 0 Å². The summed E-state index contributed by atoms with van der Waals surface area (Å²) in [5.41, 5.74) is 9.57. The van der Waals surface area contributed by atoms with Gasteiger partial charge in [0.05, 0.1) is 5.52 Å². The molecule has 1 aliphatic heterocycles. The van der Waals surface area contributed by atoms with Crippen molar-refractivity contribution in [1.82, 2.24) is 14.6 Å². The first kappa shape index (κ1) is 22.6. The van der Waals surface area contributed by atoms with Gasteiger partial charge in [-0.2, -0.15) is 5.01 Å². The number of nitrogens with zero attached hydrogens (tertiary/aromatic N) is 3. The fourth-order valence-corrected chi connectivity index (χ4v) is 7.21. The maximum Gasteiger partial charge on any atom is 0.139 e. The summed E-state index contributed by atoms with van der Waals surface area (Å²) in [5, 5.41) is 10.0. The molecule has 5 aromatic carbocycles. The Morgan fingerprint density at radius 2 is 1.41 bits per heavy atom. The van der Waals surface area contributed by atoms with Crippen molar-refractivity contribution >= 4 is 32.6 Å². The SMILES string of the molecule is C[N@@]1C(c2ccccc2)N1/C=C\Cn1c2ccccc2c2c3c(c4ccccc4c21)C(C)(C)c1ccccc1-3. The monoisotopic (exact) mass is 505 g/mol. The average Bonchev–Trinajstić information content (AvgIpc) is 3.39. The van der Waals surface area contributed by atoms with Gasteiger partial charge in [-0.25, -0.2) is 0 Å². The number of aromatic nitrogens is 1. The van der Waals surface area contributed by atoms with Gasteiger partial charge in [0.25, 0.3) is 0 Å². The number of fused-ring (bicyclic) bond motifs is 10. The summed E-state index contributed by atoms with van der Waals surface area (Å²) in [5.74, 6) is 0. The molecule has 0 amide bonds. The molecule has 2 atom stereocenters. The van der Waals surface area contributed by atoms with Crippen molar-refractivity contribution in [2.45, 2.75) is 32.0 Å². The van der Waals surface area contributed by atoms with Crippen molar-refractivity contribution in [3.63, 3.8) is 0 Å². The van der Waals surface area contributed by atoms with E-state index >= 15 is 0 Å². The fourth-order valence-electron chi connectivity index (χ4n) is 7.21.